The maximum Gasteiger partial charge on any atom is 0.573 e. The Morgan fingerprint density at radius 3 is 2.83 bits per heavy atom. The molecule has 1 aliphatic heterocycles. The first kappa shape index (κ1) is 22.1. The van der Waals surface area contributed by atoms with Crippen molar-refractivity contribution in [3.8, 4) is 17.1 Å². The minimum Gasteiger partial charge on any atom is -0.432 e. The number of nitrogens with one attached hydrogen (secondary N) is 3. The Morgan fingerprint density at radius 2 is 2.24 bits per heavy atom. The molecule has 5 N–H and O–H groups in total. The summed E-state index contributed by atoms with van der Waals surface area (Å²) in [7, 11) is 1.80. The van der Waals surface area contributed by atoms with Gasteiger partial charge in [0, 0.05) is 37.6 Å². The second-order valence-electron chi connectivity index (χ2n) is 5.92. The number of carbonyl (C=O) groups excluding carboxylic acids is 1. The van der Waals surface area contributed by atoms with E-state index in [9.17, 15) is 18.0 Å². The second-order valence-corrected chi connectivity index (χ2v) is 5.92. The quantitative estimate of drug-likeness (QED) is 0.593. The van der Waals surface area contributed by atoms with Crippen LogP contribution in [0.1, 0.15) is 17.1 Å². The van der Waals surface area contributed by atoms with Crippen LogP contribution in [0.4, 0.5) is 13.2 Å². The van der Waals surface area contributed by atoms with Crippen LogP contribution in [0.5, 0.6) is 5.75 Å². The highest BCUT2D eigenvalue weighted by molar-refractivity contribution is 5.90. The van der Waals surface area contributed by atoms with Crippen LogP contribution in [0, 0.1) is 0 Å². The molecule has 8 nitrogen and oxygen atoms in total. The number of carbonyl (C=O) groups is 1. The highest BCUT2D eigenvalue weighted by Gasteiger charge is 2.31. The Morgan fingerprint density at radius 1 is 1.45 bits per heavy atom. The van der Waals surface area contributed by atoms with Crippen molar-refractivity contribution < 1.29 is 27.1 Å². The van der Waals surface area contributed by atoms with Crippen LogP contribution in [0.25, 0.3) is 11.3 Å². The molecule has 29 heavy (non-hydrogen) atoms. The van der Waals surface area contributed by atoms with Crippen molar-refractivity contribution in [2.24, 2.45) is 5.73 Å². The van der Waals surface area contributed by atoms with Crippen LogP contribution in [0.3, 0.4) is 0 Å². The van der Waals surface area contributed by atoms with Gasteiger partial charge in [-0.2, -0.15) is 0 Å². The van der Waals surface area contributed by atoms with E-state index in [0.717, 1.165) is 19.0 Å². The predicted molar refractivity (Wildman–Crippen MR) is 99.8 cm³/mol. The van der Waals surface area contributed by atoms with Gasteiger partial charge < -0.3 is 30.8 Å². The normalized spacial score (nSPS) is 16.2. The maximum atomic E-state index is 12.3. The van der Waals surface area contributed by atoms with Gasteiger partial charge in [-0.15, -0.1) is 13.2 Å². The summed E-state index contributed by atoms with van der Waals surface area (Å²) in [5.41, 5.74) is 5.22. The number of nitrogens with two attached hydrogens (primary N) is 1. The van der Waals surface area contributed by atoms with Crippen molar-refractivity contribution in [1.29, 1.82) is 0 Å². The molecule has 1 saturated heterocycles. The standard InChI is InChI=1S/C15H14F3N3O3.C3H8N2/c16-15(17,18)24-11-3-1-2-9(6-11)12-8-20-14(23-12)13(22)21-10-4-5-19-7-10;1-5-3-2-4/h1-3,6,8,10,19H,4-5,7H2,(H,21,22);2-3,5H,4H2,1H3/b;3-2-. The number of alkyl halides is 3. The lowest BCUT2D eigenvalue weighted by atomic mass is 10.2. The van der Waals surface area contributed by atoms with Crippen LogP contribution < -0.4 is 26.4 Å². The van der Waals surface area contributed by atoms with Gasteiger partial charge in [-0.25, -0.2) is 4.98 Å². The molecule has 2 heterocycles. The van der Waals surface area contributed by atoms with Crippen molar-refractivity contribution in [3.05, 3.63) is 48.8 Å². The molecule has 0 spiro atoms. The van der Waals surface area contributed by atoms with Gasteiger partial charge in [0.05, 0.1) is 6.20 Å². The van der Waals surface area contributed by atoms with E-state index in [0.29, 0.717) is 12.1 Å². The molecule has 1 unspecified atom stereocenters. The lowest BCUT2D eigenvalue weighted by Gasteiger charge is -2.09. The van der Waals surface area contributed by atoms with Crippen molar-refractivity contribution in [2.45, 2.75) is 18.8 Å². The molecular formula is C18H22F3N5O3. The van der Waals surface area contributed by atoms with Crippen molar-refractivity contribution in [3.63, 3.8) is 0 Å². The molecule has 2 aromatic rings. The van der Waals surface area contributed by atoms with Gasteiger partial charge in [0.25, 0.3) is 5.89 Å². The molecule has 11 heteroatoms. The largest absolute Gasteiger partial charge is 0.573 e. The Hall–Kier alpha value is -3.21. The van der Waals surface area contributed by atoms with Gasteiger partial charge >= 0.3 is 12.3 Å². The van der Waals surface area contributed by atoms with Crippen LogP contribution in [0.2, 0.25) is 0 Å². The van der Waals surface area contributed by atoms with Crippen LogP contribution in [0.15, 0.2) is 47.3 Å². The summed E-state index contributed by atoms with van der Waals surface area (Å²) in [5.74, 6) is -0.798. The highest BCUT2D eigenvalue weighted by Crippen LogP contribution is 2.28. The number of aromatic nitrogens is 1. The predicted octanol–water partition coefficient (Wildman–Crippen LogP) is 1.97. The number of benzene rings is 1. The number of rotatable bonds is 5. The van der Waals surface area contributed by atoms with E-state index < -0.39 is 12.3 Å². The van der Waals surface area contributed by atoms with Gasteiger partial charge in [-0.1, -0.05) is 12.1 Å². The van der Waals surface area contributed by atoms with E-state index in [1.165, 1.54) is 30.6 Å². The SMILES string of the molecule is CN/C=C\N.O=C(NC1CCNC1)c1ncc(-c2cccc(OC(F)(F)F)c2)o1. The summed E-state index contributed by atoms with van der Waals surface area (Å²) in [6.45, 7) is 1.50. The van der Waals surface area contributed by atoms with Gasteiger partial charge in [0.15, 0.2) is 5.76 Å². The van der Waals surface area contributed by atoms with Gasteiger partial charge in [-0.3, -0.25) is 4.79 Å². The zero-order valence-electron chi connectivity index (χ0n) is 15.6. The number of halogens is 3. The van der Waals surface area contributed by atoms with E-state index in [1.54, 1.807) is 13.2 Å². The van der Waals surface area contributed by atoms with Crippen LogP contribution in [-0.2, 0) is 0 Å². The number of hydrogen-bond donors (Lipinski definition) is 4. The van der Waals surface area contributed by atoms with Crippen molar-refractivity contribution >= 4 is 5.91 Å². The molecular weight excluding hydrogens is 391 g/mol. The Labute approximate surface area is 165 Å². The summed E-state index contributed by atoms with van der Waals surface area (Å²) in [6, 6.07) is 5.27. The third kappa shape index (κ3) is 7.37. The topological polar surface area (TPSA) is 114 Å². The lowest BCUT2D eigenvalue weighted by molar-refractivity contribution is -0.274. The average molecular weight is 413 g/mol. The third-order valence-corrected chi connectivity index (χ3v) is 3.71. The van der Waals surface area contributed by atoms with E-state index in [4.69, 9.17) is 10.2 Å². The number of nitrogens with zero attached hydrogens (tertiary/aromatic N) is 1. The fourth-order valence-corrected chi connectivity index (χ4v) is 2.48. The fraction of sp³-hybridized carbons (Fsp3) is 0.333. The Balaban J connectivity index is 0.000000537. The third-order valence-electron chi connectivity index (χ3n) is 3.71. The molecule has 0 saturated carbocycles. The Kier molecular flexibility index (Phi) is 7.89. The molecule has 1 aromatic heterocycles. The number of hydrogen-bond acceptors (Lipinski definition) is 7. The van der Waals surface area contributed by atoms with Gasteiger partial charge in [0.1, 0.15) is 5.75 Å². The molecule has 1 atom stereocenters. The first-order valence-corrected chi connectivity index (χ1v) is 8.70. The van der Waals surface area contributed by atoms with Gasteiger partial charge in [0.2, 0.25) is 0 Å². The van der Waals surface area contributed by atoms with Crippen LogP contribution >= 0.6 is 0 Å². The molecule has 1 aliphatic rings. The monoisotopic (exact) mass is 413 g/mol. The molecule has 1 aromatic carbocycles. The zero-order valence-corrected chi connectivity index (χ0v) is 15.6. The first-order chi connectivity index (χ1) is 13.8. The Bertz CT molecular complexity index is 817. The molecule has 0 aliphatic carbocycles. The summed E-state index contributed by atoms with van der Waals surface area (Å²) >= 11 is 0. The molecule has 0 radical (unpaired) electrons. The summed E-state index contributed by atoms with van der Waals surface area (Å²) in [5, 5.41) is 8.60. The molecule has 3 rings (SSSR count). The minimum absolute atomic E-state index is 0.0105. The number of amides is 1. The molecule has 0 bridgehead atoms. The lowest BCUT2D eigenvalue weighted by Crippen LogP contribution is -2.36. The average Bonchev–Trinajstić information content (AvgIpc) is 3.33. The number of oxazole rings is 1. The summed E-state index contributed by atoms with van der Waals surface area (Å²) in [6.07, 6.45) is 0.422. The molecule has 1 amide bonds. The molecule has 158 valence electrons. The summed E-state index contributed by atoms with van der Waals surface area (Å²) in [4.78, 5) is 15.9. The second kappa shape index (κ2) is 10.4. The maximum absolute atomic E-state index is 12.3. The van der Waals surface area contributed by atoms with E-state index in [1.807, 2.05) is 0 Å². The van der Waals surface area contributed by atoms with Crippen LogP contribution in [-0.4, -0.2) is 43.4 Å². The van der Waals surface area contributed by atoms with Crippen molar-refractivity contribution in [2.75, 3.05) is 20.1 Å². The van der Waals surface area contributed by atoms with E-state index in [2.05, 4.69) is 25.7 Å². The minimum atomic E-state index is -4.78. The van der Waals surface area contributed by atoms with Crippen molar-refractivity contribution in [1.82, 2.24) is 20.9 Å². The fourth-order valence-electron chi connectivity index (χ4n) is 2.48. The van der Waals surface area contributed by atoms with Gasteiger partial charge in [-0.05, 0) is 25.1 Å². The highest BCUT2D eigenvalue weighted by atomic mass is 19.4. The summed E-state index contributed by atoms with van der Waals surface area (Å²) < 4.78 is 46.0. The smallest absolute Gasteiger partial charge is 0.432 e. The number of ether oxygens (including phenoxy) is 1. The zero-order chi connectivity index (χ0) is 21.3. The van der Waals surface area contributed by atoms with E-state index >= 15 is 0 Å². The first-order valence-electron chi connectivity index (χ1n) is 8.70. The molecule has 1 fully saturated rings. The van der Waals surface area contributed by atoms with E-state index in [-0.39, 0.29) is 23.4 Å².